The Balaban J connectivity index is 1.89. The number of hydrogen-bond acceptors (Lipinski definition) is 3. The number of amides is 1. The van der Waals surface area contributed by atoms with E-state index in [2.05, 4.69) is 20.8 Å². The standard InChI is InChI=1S/C18H26N2O3S/c1-13-5-6-14(18(2,3)4)11-16(13)24(22,23)19-9-10-20(15-7-8-15)17(21)12-19/h5-6,11,15H,7-10,12H2,1-4H3. The summed E-state index contributed by atoms with van der Waals surface area (Å²) in [6.45, 7) is 8.83. The van der Waals surface area contributed by atoms with E-state index >= 15 is 0 Å². The number of rotatable bonds is 3. The zero-order chi connectivity index (χ0) is 17.7. The molecule has 0 spiro atoms. The normalized spacial score (nSPS) is 20.5. The third kappa shape index (κ3) is 3.22. The number of nitrogens with zero attached hydrogens (tertiary/aromatic N) is 2. The van der Waals surface area contributed by atoms with E-state index in [1.54, 1.807) is 6.07 Å². The molecule has 0 unspecified atom stereocenters. The van der Waals surface area contributed by atoms with Crippen LogP contribution in [0.4, 0.5) is 0 Å². The van der Waals surface area contributed by atoms with Crippen LogP contribution >= 0.6 is 0 Å². The predicted octanol–water partition coefficient (Wildman–Crippen LogP) is 2.29. The summed E-state index contributed by atoms with van der Waals surface area (Å²) in [4.78, 5) is 14.5. The van der Waals surface area contributed by atoms with Crippen molar-refractivity contribution >= 4 is 15.9 Å². The summed E-state index contributed by atoms with van der Waals surface area (Å²) in [6, 6.07) is 5.94. The Labute approximate surface area is 144 Å². The number of hydrogen-bond donors (Lipinski definition) is 0. The zero-order valence-corrected chi connectivity index (χ0v) is 15.7. The van der Waals surface area contributed by atoms with Gasteiger partial charge in [0.05, 0.1) is 11.4 Å². The molecule has 6 heteroatoms. The summed E-state index contributed by atoms with van der Waals surface area (Å²) in [7, 11) is -3.65. The second-order valence-electron chi connectivity index (χ2n) is 7.89. The van der Waals surface area contributed by atoms with E-state index in [0.717, 1.165) is 24.0 Å². The minimum Gasteiger partial charge on any atom is -0.337 e. The Kier molecular flexibility index (Phi) is 4.24. The Hall–Kier alpha value is -1.40. The molecule has 1 aliphatic heterocycles. The molecule has 1 aliphatic carbocycles. The maximum absolute atomic E-state index is 13.1. The van der Waals surface area contributed by atoms with E-state index in [-0.39, 0.29) is 17.9 Å². The van der Waals surface area contributed by atoms with E-state index in [1.807, 2.05) is 24.0 Å². The fourth-order valence-electron chi connectivity index (χ4n) is 3.13. The van der Waals surface area contributed by atoms with Gasteiger partial charge in [-0.2, -0.15) is 4.31 Å². The second-order valence-corrected chi connectivity index (χ2v) is 9.79. The first-order valence-electron chi connectivity index (χ1n) is 8.51. The Morgan fingerprint density at radius 3 is 2.33 bits per heavy atom. The maximum Gasteiger partial charge on any atom is 0.243 e. The van der Waals surface area contributed by atoms with E-state index in [9.17, 15) is 13.2 Å². The van der Waals surface area contributed by atoms with Crippen LogP contribution in [0.5, 0.6) is 0 Å². The zero-order valence-electron chi connectivity index (χ0n) is 14.9. The van der Waals surface area contributed by atoms with E-state index in [4.69, 9.17) is 0 Å². The molecule has 5 nitrogen and oxygen atoms in total. The third-order valence-electron chi connectivity index (χ3n) is 4.88. The van der Waals surface area contributed by atoms with Gasteiger partial charge in [0.1, 0.15) is 0 Å². The molecule has 132 valence electrons. The number of aryl methyl sites for hydroxylation is 1. The second kappa shape index (κ2) is 5.85. The SMILES string of the molecule is Cc1ccc(C(C)(C)C)cc1S(=O)(=O)N1CCN(C2CC2)C(=O)C1. The monoisotopic (exact) mass is 350 g/mol. The highest BCUT2D eigenvalue weighted by atomic mass is 32.2. The number of piperazine rings is 1. The fourth-order valence-corrected chi connectivity index (χ4v) is 4.76. The topological polar surface area (TPSA) is 57.7 Å². The highest BCUT2D eigenvalue weighted by Crippen LogP contribution is 2.31. The summed E-state index contributed by atoms with van der Waals surface area (Å²) in [5.41, 5.74) is 1.58. The lowest BCUT2D eigenvalue weighted by molar-refractivity contribution is -0.134. The molecule has 0 radical (unpaired) electrons. The number of carbonyl (C=O) groups is 1. The van der Waals surface area contributed by atoms with Gasteiger partial charge < -0.3 is 4.90 Å². The lowest BCUT2D eigenvalue weighted by Crippen LogP contribution is -2.52. The van der Waals surface area contributed by atoms with Crippen LogP contribution in [0.1, 0.15) is 44.7 Å². The van der Waals surface area contributed by atoms with Crippen molar-refractivity contribution in [2.45, 2.75) is 56.9 Å². The Bertz CT molecular complexity index is 761. The smallest absolute Gasteiger partial charge is 0.243 e. The minimum absolute atomic E-state index is 0.0436. The van der Waals surface area contributed by atoms with Gasteiger partial charge in [0.2, 0.25) is 15.9 Å². The van der Waals surface area contributed by atoms with Crippen molar-refractivity contribution in [1.82, 2.24) is 9.21 Å². The summed E-state index contributed by atoms with van der Waals surface area (Å²) < 4.78 is 27.5. The van der Waals surface area contributed by atoms with Crippen molar-refractivity contribution in [3.8, 4) is 0 Å². The molecule has 3 rings (SSSR count). The van der Waals surface area contributed by atoms with Gasteiger partial charge in [-0.15, -0.1) is 0 Å². The molecule has 1 aromatic rings. The average molecular weight is 350 g/mol. The summed E-state index contributed by atoms with van der Waals surface area (Å²) in [6.07, 6.45) is 2.09. The molecule has 1 saturated heterocycles. The van der Waals surface area contributed by atoms with Crippen LogP contribution in [0.3, 0.4) is 0 Å². The molecule has 0 atom stereocenters. The molecular weight excluding hydrogens is 324 g/mol. The molecule has 2 aliphatic rings. The molecule has 1 aromatic carbocycles. The first kappa shape index (κ1) is 17.4. The van der Waals surface area contributed by atoms with Crippen LogP contribution in [0.15, 0.2) is 23.1 Å². The van der Waals surface area contributed by atoms with Gasteiger partial charge in [0.15, 0.2) is 0 Å². The van der Waals surface area contributed by atoms with Crippen molar-refractivity contribution in [3.05, 3.63) is 29.3 Å². The Morgan fingerprint density at radius 1 is 1.12 bits per heavy atom. The number of sulfonamides is 1. The van der Waals surface area contributed by atoms with Gasteiger partial charge in [-0.3, -0.25) is 4.79 Å². The van der Waals surface area contributed by atoms with Gasteiger partial charge in [-0.1, -0.05) is 32.9 Å². The van der Waals surface area contributed by atoms with Crippen molar-refractivity contribution in [3.63, 3.8) is 0 Å². The average Bonchev–Trinajstić information content (AvgIpc) is 3.30. The quantitative estimate of drug-likeness (QED) is 0.840. The van der Waals surface area contributed by atoms with Crippen LogP contribution < -0.4 is 0 Å². The van der Waals surface area contributed by atoms with Crippen LogP contribution in [-0.2, 0) is 20.2 Å². The summed E-state index contributed by atoms with van der Waals surface area (Å²) in [5.74, 6) is -0.0723. The summed E-state index contributed by atoms with van der Waals surface area (Å²) in [5, 5.41) is 0. The highest BCUT2D eigenvalue weighted by molar-refractivity contribution is 7.89. The predicted molar refractivity (Wildman–Crippen MR) is 93.4 cm³/mol. The maximum atomic E-state index is 13.1. The molecule has 1 heterocycles. The number of benzene rings is 1. The lowest BCUT2D eigenvalue weighted by Gasteiger charge is -2.34. The van der Waals surface area contributed by atoms with Gasteiger partial charge in [0.25, 0.3) is 0 Å². The van der Waals surface area contributed by atoms with E-state index < -0.39 is 10.0 Å². The van der Waals surface area contributed by atoms with Crippen LogP contribution in [0.2, 0.25) is 0 Å². The molecule has 24 heavy (non-hydrogen) atoms. The van der Waals surface area contributed by atoms with Gasteiger partial charge in [0, 0.05) is 19.1 Å². The molecular formula is C18H26N2O3S. The largest absolute Gasteiger partial charge is 0.337 e. The number of carbonyl (C=O) groups excluding carboxylic acids is 1. The molecule has 1 saturated carbocycles. The lowest BCUT2D eigenvalue weighted by atomic mass is 9.87. The highest BCUT2D eigenvalue weighted by Gasteiger charge is 2.39. The van der Waals surface area contributed by atoms with Crippen molar-refractivity contribution in [1.29, 1.82) is 0 Å². The van der Waals surface area contributed by atoms with Crippen molar-refractivity contribution in [2.75, 3.05) is 19.6 Å². The van der Waals surface area contributed by atoms with Gasteiger partial charge in [-0.25, -0.2) is 8.42 Å². The molecule has 0 N–H and O–H groups in total. The molecule has 0 bridgehead atoms. The molecule has 1 amide bonds. The van der Waals surface area contributed by atoms with Gasteiger partial charge >= 0.3 is 0 Å². The van der Waals surface area contributed by atoms with Gasteiger partial charge in [-0.05, 0) is 42.4 Å². The van der Waals surface area contributed by atoms with E-state index in [1.165, 1.54) is 4.31 Å². The third-order valence-corrected chi connectivity index (χ3v) is 6.87. The molecule has 0 aromatic heterocycles. The Morgan fingerprint density at radius 2 is 1.79 bits per heavy atom. The van der Waals surface area contributed by atoms with Crippen LogP contribution in [-0.4, -0.2) is 49.2 Å². The van der Waals surface area contributed by atoms with Crippen LogP contribution in [0, 0.1) is 6.92 Å². The first-order valence-corrected chi connectivity index (χ1v) is 9.95. The summed E-state index contributed by atoms with van der Waals surface area (Å²) >= 11 is 0. The van der Waals surface area contributed by atoms with E-state index in [0.29, 0.717) is 24.0 Å². The van der Waals surface area contributed by atoms with Crippen LogP contribution in [0.25, 0.3) is 0 Å². The first-order chi connectivity index (χ1) is 11.1. The fraction of sp³-hybridized carbons (Fsp3) is 0.611. The molecule has 2 fully saturated rings. The van der Waals surface area contributed by atoms with Crippen molar-refractivity contribution in [2.24, 2.45) is 0 Å². The van der Waals surface area contributed by atoms with Crippen molar-refractivity contribution < 1.29 is 13.2 Å². The minimum atomic E-state index is -3.65.